The molecule has 0 aliphatic carbocycles. The summed E-state index contributed by atoms with van der Waals surface area (Å²) in [6.45, 7) is 1.54. The van der Waals surface area contributed by atoms with Crippen molar-refractivity contribution in [2.45, 2.75) is 19.0 Å². The van der Waals surface area contributed by atoms with Crippen LogP contribution < -0.4 is 0 Å². The molecule has 5 nitrogen and oxygen atoms in total. The third-order valence-electron chi connectivity index (χ3n) is 2.72. The van der Waals surface area contributed by atoms with E-state index in [9.17, 15) is 4.79 Å². The van der Waals surface area contributed by atoms with Crippen molar-refractivity contribution in [3.05, 3.63) is 24.3 Å². The van der Waals surface area contributed by atoms with E-state index in [-0.39, 0.29) is 12.5 Å². The quantitative estimate of drug-likeness (QED) is 0.859. The Morgan fingerprint density at radius 3 is 3.00 bits per heavy atom. The molecule has 1 saturated heterocycles. The average Bonchev–Trinajstić information content (AvgIpc) is 2.32. The fourth-order valence-electron chi connectivity index (χ4n) is 1.88. The highest BCUT2D eigenvalue weighted by molar-refractivity contribution is 7.99. The Balaban J connectivity index is 1.99. The molecule has 0 amide bonds. The number of nitrogens with zero attached hydrogens (tertiary/aromatic N) is 3. The standard InChI is InChI=1S/C11H15N3O2S/c15-11(16)6-9-8-17-5-4-14(9)7-10-12-2-1-3-13-10/h1-3,9H,4-8H2,(H,15,16). The number of thioether (sulfide) groups is 1. The Bertz CT molecular complexity index is 374. The van der Waals surface area contributed by atoms with Crippen LogP contribution in [0.15, 0.2) is 18.5 Å². The third kappa shape index (κ3) is 3.67. The summed E-state index contributed by atoms with van der Waals surface area (Å²) in [6.07, 6.45) is 3.63. The van der Waals surface area contributed by atoms with Crippen molar-refractivity contribution in [3.63, 3.8) is 0 Å². The van der Waals surface area contributed by atoms with Gasteiger partial charge < -0.3 is 5.11 Å². The molecule has 6 heteroatoms. The minimum atomic E-state index is -0.739. The zero-order valence-corrected chi connectivity index (χ0v) is 10.3. The summed E-state index contributed by atoms with van der Waals surface area (Å²) in [5, 5.41) is 8.88. The summed E-state index contributed by atoms with van der Waals surface area (Å²) in [7, 11) is 0. The second kappa shape index (κ2) is 5.97. The Hall–Kier alpha value is -1.14. The number of aliphatic carboxylic acids is 1. The fraction of sp³-hybridized carbons (Fsp3) is 0.545. The van der Waals surface area contributed by atoms with Crippen LogP contribution >= 0.6 is 11.8 Å². The first-order valence-corrected chi connectivity index (χ1v) is 6.70. The maximum absolute atomic E-state index is 10.8. The lowest BCUT2D eigenvalue weighted by molar-refractivity contribution is -0.138. The smallest absolute Gasteiger partial charge is 0.304 e. The van der Waals surface area contributed by atoms with Gasteiger partial charge in [0.25, 0.3) is 0 Å². The second-order valence-electron chi connectivity index (χ2n) is 3.96. The van der Waals surface area contributed by atoms with Crippen LogP contribution in [0.25, 0.3) is 0 Å². The van der Waals surface area contributed by atoms with Crippen molar-refractivity contribution in [1.29, 1.82) is 0 Å². The van der Waals surface area contributed by atoms with Crippen molar-refractivity contribution in [1.82, 2.24) is 14.9 Å². The molecular formula is C11H15N3O2S. The minimum absolute atomic E-state index is 0.0926. The predicted molar refractivity (Wildman–Crippen MR) is 65.8 cm³/mol. The molecule has 0 aromatic carbocycles. The maximum Gasteiger partial charge on any atom is 0.304 e. The van der Waals surface area contributed by atoms with E-state index in [2.05, 4.69) is 14.9 Å². The van der Waals surface area contributed by atoms with Gasteiger partial charge in [-0.3, -0.25) is 9.69 Å². The van der Waals surface area contributed by atoms with Gasteiger partial charge in [-0.2, -0.15) is 11.8 Å². The number of hydrogen-bond donors (Lipinski definition) is 1. The molecule has 0 spiro atoms. The van der Waals surface area contributed by atoms with Crippen molar-refractivity contribution < 1.29 is 9.90 Å². The van der Waals surface area contributed by atoms with Gasteiger partial charge in [0.1, 0.15) is 5.82 Å². The normalized spacial score (nSPS) is 21.3. The fourth-order valence-corrected chi connectivity index (χ4v) is 3.01. The van der Waals surface area contributed by atoms with Crippen LogP contribution in [0.1, 0.15) is 12.2 Å². The van der Waals surface area contributed by atoms with Gasteiger partial charge in [-0.1, -0.05) is 0 Å². The molecule has 17 heavy (non-hydrogen) atoms. The van der Waals surface area contributed by atoms with E-state index in [1.54, 1.807) is 18.5 Å². The monoisotopic (exact) mass is 253 g/mol. The second-order valence-corrected chi connectivity index (χ2v) is 5.11. The van der Waals surface area contributed by atoms with Crippen molar-refractivity contribution in [3.8, 4) is 0 Å². The van der Waals surface area contributed by atoms with Gasteiger partial charge >= 0.3 is 5.97 Å². The van der Waals surface area contributed by atoms with Gasteiger partial charge in [-0.15, -0.1) is 0 Å². The minimum Gasteiger partial charge on any atom is -0.481 e. The molecule has 1 fully saturated rings. The molecule has 0 saturated carbocycles. The third-order valence-corrected chi connectivity index (χ3v) is 3.82. The van der Waals surface area contributed by atoms with Gasteiger partial charge in [0, 0.05) is 36.5 Å². The number of rotatable bonds is 4. The van der Waals surface area contributed by atoms with E-state index < -0.39 is 5.97 Å². The van der Waals surface area contributed by atoms with Crippen LogP contribution in [0.4, 0.5) is 0 Å². The highest BCUT2D eigenvalue weighted by Gasteiger charge is 2.25. The van der Waals surface area contributed by atoms with Crippen LogP contribution in [-0.2, 0) is 11.3 Å². The van der Waals surface area contributed by atoms with E-state index in [0.717, 1.165) is 23.9 Å². The zero-order valence-electron chi connectivity index (χ0n) is 9.45. The van der Waals surface area contributed by atoms with Gasteiger partial charge in [-0.25, -0.2) is 9.97 Å². The molecule has 1 aromatic rings. The molecule has 0 bridgehead atoms. The highest BCUT2D eigenvalue weighted by atomic mass is 32.2. The van der Waals surface area contributed by atoms with Crippen molar-refractivity contribution in [2.24, 2.45) is 0 Å². The molecule has 1 unspecified atom stereocenters. The SMILES string of the molecule is O=C(O)CC1CSCCN1Cc1ncccn1. The van der Waals surface area contributed by atoms with E-state index in [1.807, 2.05) is 11.8 Å². The lowest BCUT2D eigenvalue weighted by atomic mass is 10.2. The summed E-state index contributed by atoms with van der Waals surface area (Å²) in [5.41, 5.74) is 0. The van der Waals surface area contributed by atoms with Gasteiger partial charge in [0.2, 0.25) is 0 Å². The molecular weight excluding hydrogens is 238 g/mol. The summed E-state index contributed by atoms with van der Waals surface area (Å²) in [5.74, 6) is 1.94. The Morgan fingerprint density at radius 1 is 1.53 bits per heavy atom. The first kappa shape index (κ1) is 12.3. The Morgan fingerprint density at radius 2 is 2.29 bits per heavy atom. The molecule has 1 aliphatic heterocycles. The van der Waals surface area contributed by atoms with Crippen LogP contribution in [0, 0.1) is 0 Å². The molecule has 2 heterocycles. The van der Waals surface area contributed by atoms with Gasteiger partial charge in [0.15, 0.2) is 0 Å². The average molecular weight is 253 g/mol. The molecule has 1 aromatic heterocycles. The maximum atomic E-state index is 10.8. The molecule has 92 valence electrons. The molecule has 1 atom stereocenters. The van der Waals surface area contributed by atoms with E-state index in [0.29, 0.717) is 6.54 Å². The molecule has 1 N–H and O–H groups in total. The molecule has 2 rings (SSSR count). The van der Waals surface area contributed by atoms with Gasteiger partial charge in [-0.05, 0) is 6.07 Å². The lowest BCUT2D eigenvalue weighted by Gasteiger charge is -2.33. The zero-order chi connectivity index (χ0) is 12.1. The van der Waals surface area contributed by atoms with Gasteiger partial charge in [0.05, 0.1) is 13.0 Å². The van der Waals surface area contributed by atoms with Crippen LogP contribution in [0.3, 0.4) is 0 Å². The van der Waals surface area contributed by atoms with Crippen molar-refractivity contribution in [2.75, 3.05) is 18.1 Å². The number of carbonyl (C=O) groups is 1. The summed E-state index contributed by atoms with van der Waals surface area (Å²) in [4.78, 5) is 21.3. The highest BCUT2D eigenvalue weighted by Crippen LogP contribution is 2.20. The summed E-state index contributed by atoms with van der Waals surface area (Å²) < 4.78 is 0. The van der Waals surface area contributed by atoms with Crippen LogP contribution in [0.5, 0.6) is 0 Å². The number of hydrogen-bond acceptors (Lipinski definition) is 5. The lowest BCUT2D eigenvalue weighted by Crippen LogP contribution is -2.43. The first-order chi connectivity index (χ1) is 8.25. The summed E-state index contributed by atoms with van der Waals surface area (Å²) >= 11 is 1.81. The topological polar surface area (TPSA) is 66.3 Å². The summed E-state index contributed by atoms with van der Waals surface area (Å²) in [6, 6.07) is 1.87. The Kier molecular flexibility index (Phi) is 4.33. The van der Waals surface area contributed by atoms with Crippen molar-refractivity contribution >= 4 is 17.7 Å². The Labute approximate surface area is 104 Å². The molecule has 0 radical (unpaired) electrons. The van der Waals surface area contributed by atoms with E-state index in [4.69, 9.17) is 5.11 Å². The predicted octanol–water partition coefficient (Wildman–Crippen LogP) is 0.869. The van der Waals surface area contributed by atoms with E-state index in [1.165, 1.54) is 0 Å². The van der Waals surface area contributed by atoms with E-state index >= 15 is 0 Å². The number of carboxylic acids is 1. The van der Waals surface area contributed by atoms with Crippen LogP contribution in [-0.4, -0.2) is 50.0 Å². The number of aromatic nitrogens is 2. The number of carboxylic acid groups (broad SMARTS) is 1. The molecule has 1 aliphatic rings. The largest absolute Gasteiger partial charge is 0.481 e. The van der Waals surface area contributed by atoms with Crippen LogP contribution in [0.2, 0.25) is 0 Å². The first-order valence-electron chi connectivity index (χ1n) is 5.55.